The summed E-state index contributed by atoms with van der Waals surface area (Å²) in [5.74, 6) is 0.450. The number of likely N-dealkylation sites (N-methyl/N-ethyl adjacent to an activating group) is 1. The third-order valence-corrected chi connectivity index (χ3v) is 4.77. The first-order valence-electron chi connectivity index (χ1n) is 8.46. The summed E-state index contributed by atoms with van der Waals surface area (Å²) in [5, 5.41) is 4.06. The summed E-state index contributed by atoms with van der Waals surface area (Å²) in [5.41, 5.74) is 6.57. The van der Waals surface area contributed by atoms with Gasteiger partial charge in [0.25, 0.3) is 5.91 Å². The zero-order chi connectivity index (χ0) is 18.7. The lowest BCUT2D eigenvalue weighted by Crippen LogP contribution is -2.23. The molecule has 1 aliphatic rings. The van der Waals surface area contributed by atoms with Gasteiger partial charge in [0.15, 0.2) is 0 Å². The smallest absolute Gasteiger partial charge is 0.271 e. The van der Waals surface area contributed by atoms with Crippen LogP contribution in [-0.2, 0) is 5.41 Å². The molecule has 0 unspecified atom stereocenters. The molecular weight excluding hydrogens is 326 g/mol. The molecule has 2 aromatic carbocycles. The van der Waals surface area contributed by atoms with Crippen LogP contribution < -0.4 is 15.1 Å². The minimum absolute atomic E-state index is 0.114. The van der Waals surface area contributed by atoms with E-state index in [0.717, 1.165) is 5.70 Å². The average molecular weight is 349 g/mol. The van der Waals surface area contributed by atoms with Crippen molar-refractivity contribution in [3.8, 4) is 5.75 Å². The molecular formula is C21H23N3O2. The summed E-state index contributed by atoms with van der Waals surface area (Å²) < 4.78 is 5.09. The number of ether oxygens (including phenoxy) is 1. The molecule has 1 heterocycles. The number of anilines is 1. The van der Waals surface area contributed by atoms with Crippen molar-refractivity contribution in [2.75, 3.05) is 19.1 Å². The normalized spacial score (nSPS) is 16.8. The van der Waals surface area contributed by atoms with E-state index in [2.05, 4.69) is 47.5 Å². The van der Waals surface area contributed by atoms with Gasteiger partial charge in [0.05, 0.1) is 7.11 Å². The molecule has 0 saturated carbocycles. The molecule has 3 rings (SSSR count). The van der Waals surface area contributed by atoms with Gasteiger partial charge >= 0.3 is 0 Å². The Morgan fingerprint density at radius 3 is 2.50 bits per heavy atom. The lowest BCUT2D eigenvalue weighted by Gasteiger charge is -2.23. The summed E-state index contributed by atoms with van der Waals surface area (Å²) in [6.07, 6.45) is 3.56. The number of hydrogen-bond acceptors (Lipinski definition) is 4. The third kappa shape index (κ3) is 3.20. The number of nitrogens with zero attached hydrogens (tertiary/aromatic N) is 2. The maximum absolute atomic E-state index is 12.1. The summed E-state index contributed by atoms with van der Waals surface area (Å²) in [6, 6.07) is 15.2. The van der Waals surface area contributed by atoms with Gasteiger partial charge in [-0.05, 0) is 42.0 Å². The van der Waals surface area contributed by atoms with E-state index in [1.54, 1.807) is 37.6 Å². The lowest BCUT2D eigenvalue weighted by atomic mass is 9.84. The largest absolute Gasteiger partial charge is 0.497 e. The molecule has 2 aromatic rings. The van der Waals surface area contributed by atoms with Gasteiger partial charge in [-0.25, -0.2) is 5.43 Å². The van der Waals surface area contributed by atoms with Crippen LogP contribution in [0.2, 0.25) is 0 Å². The van der Waals surface area contributed by atoms with Crippen molar-refractivity contribution < 1.29 is 9.53 Å². The Balaban J connectivity index is 1.70. The second kappa shape index (κ2) is 7.04. The summed E-state index contributed by atoms with van der Waals surface area (Å²) >= 11 is 0. The van der Waals surface area contributed by atoms with Gasteiger partial charge in [-0.3, -0.25) is 4.79 Å². The topological polar surface area (TPSA) is 53.9 Å². The number of para-hydroxylation sites is 1. The van der Waals surface area contributed by atoms with Crippen molar-refractivity contribution >= 4 is 17.8 Å². The van der Waals surface area contributed by atoms with E-state index < -0.39 is 0 Å². The number of hydrogen-bond donors (Lipinski definition) is 1. The van der Waals surface area contributed by atoms with E-state index in [9.17, 15) is 4.79 Å². The second-order valence-corrected chi connectivity index (χ2v) is 6.70. The number of nitrogens with one attached hydrogen (secondary N) is 1. The number of methoxy groups -OCH3 is 1. The Kier molecular flexibility index (Phi) is 4.80. The van der Waals surface area contributed by atoms with Gasteiger partial charge in [0.1, 0.15) is 5.75 Å². The fourth-order valence-electron chi connectivity index (χ4n) is 3.31. The standard InChI is InChI=1S/C21H23N3O2/c1-21(2)17-7-5-6-8-18(17)24(3)19(21)13-14-22-23-20(25)15-9-11-16(26-4)12-10-15/h5-14H,1-4H3,(H,23,25)/b19-13-,22-14+. The number of hydrazone groups is 1. The molecule has 0 fully saturated rings. The zero-order valence-electron chi connectivity index (χ0n) is 15.5. The summed E-state index contributed by atoms with van der Waals surface area (Å²) in [4.78, 5) is 14.3. The van der Waals surface area contributed by atoms with Crippen LogP contribution in [0, 0.1) is 0 Å². The van der Waals surface area contributed by atoms with Crippen LogP contribution in [0.3, 0.4) is 0 Å². The van der Waals surface area contributed by atoms with E-state index in [4.69, 9.17) is 4.74 Å². The molecule has 0 aromatic heterocycles. The van der Waals surface area contributed by atoms with E-state index in [1.165, 1.54) is 11.3 Å². The van der Waals surface area contributed by atoms with Crippen LogP contribution in [-0.4, -0.2) is 26.3 Å². The predicted octanol–water partition coefficient (Wildman–Crippen LogP) is 3.72. The van der Waals surface area contributed by atoms with Crippen molar-refractivity contribution in [3.05, 3.63) is 71.4 Å². The van der Waals surface area contributed by atoms with Crippen LogP contribution in [0.15, 0.2) is 65.4 Å². The minimum atomic E-state index is -0.260. The number of allylic oxidation sites excluding steroid dienone is 2. The molecule has 1 aliphatic heterocycles. The van der Waals surface area contributed by atoms with Crippen molar-refractivity contribution in [3.63, 3.8) is 0 Å². The molecule has 134 valence electrons. The van der Waals surface area contributed by atoms with Crippen LogP contribution in [0.5, 0.6) is 5.75 Å². The maximum Gasteiger partial charge on any atom is 0.271 e. The number of carbonyl (C=O) groups is 1. The van der Waals surface area contributed by atoms with Gasteiger partial charge < -0.3 is 9.64 Å². The molecule has 0 saturated heterocycles. The molecule has 0 aliphatic carbocycles. The first kappa shape index (κ1) is 17.7. The highest BCUT2D eigenvalue weighted by atomic mass is 16.5. The molecule has 1 N–H and O–H groups in total. The van der Waals surface area contributed by atoms with Gasteiger partial charge in [-0.2, -0.15) is 5.10 Å². The van der Waals surface area contributed by atoms with Crippen LogP contribution >= 0.6 is 0 Å². The first-order chi connectivity index (χ1) is 12.4. The number of benzene rings is 2. The Bertz CT molecular complexity index is 867. The number of amides is 1. The first-order valence-corrected chi connectivity index (χ1v) is 8.46. The predicted molar refractivity (Wildman–Crippen MR) is 105 cm³/mol. The quantitative estimate of drug-likeness (QED) is 0.676. The number of rotatable bonds is 4. The second-order valence-electron chi connectivity index (χ2n) is 6.70. The monoisotopic (exact) mass is 349 g/mol. The number of carbonyl (C=O) groups excluding carboxylic acids is 1. The molecule has 5 nitrogen and oxygen atoms in total. The molecule has 0 atom stereocenters. The van der Waals surface area contributed by atoms with Gasteiger partial charge in [-0.1, -0.05) is 32.0 Å². The SMILES string of the molecule is COc1ccc(C(=O)N/N=C/C=C2\N(C)c3ccccc3C2(C)C)cc1. The van der Waals surface area contributed by atoms with Crippen molar-refractivity contribution in [1.29, 1.82) is 0 Å². The van der Waals surface area contributed by atoms with Gasteiger partial charge in [0.2, 0.25) is 0 Å². The molecule has 0 bridgehead atoms. The van der Waals surface area contributed by atoms with E-state index >= 15 is 0 Å². The molecule has 5 heteroatoms. The van der Waals surface area contributed by atoms with E-state index in [1.807, 2.05) is 19.2 Å². The summed E-state index contributed by atoms with van der Waals surface area (Å²) in [6.45, 7) is 4.37. The van der Waals surface area contributed by atoms with Gasteiger partial charge in [-0.15, -0.1) is 0 Å². The highest BCUT2D eigenvalue weighted by Crippen LogP contribution is 2.46. The molecule has 0 radical (unpaired) electrons. The highest BCUT2D eigenvalue weighted by molar-refractivity contribution is 5.94. The van der Waals surface area contributed by atoms with E-state index in [-0.39, 0.29) is 11.3 Å². The Morgan fingerprint density at radius 1 is 1.15 bits per heavy atom. The van der Waals surface area contributed by atoms with Crippen LogP contribution in [0.4, 0.5) is 5.69 Å². The minimum Gasteiger partial charge on any atom is -0.497 e. The Labute approximate surface area is 154 Å². The average Bonchev–Trinajstić information content (AvgIpc) is 2.85. The molecule has 0 spiro atoms. The van der Waals surface area contributed by atoms with Crippen molar-refractivity contribution in [2.45, 2.75) is 19.3 Å². The zero-order valence-corrected chi connectivity index (χ0v) is 15.5. The molecule has 1 amide bonds. The van der Waals surface area contributed by atoms with E-state index in [0.29, 0.717) is 11.3 Å². The van der Waals surface area contributed by atoms with Crippen molar-refractivity contribution in [2.24, 2.45) is 5.10 Å². The Hall–Kier alpha value is -3.08. The fourth-order valence-corrected chi connectivity index (χ4v) is 3.31. The van der Waals surface area contributed by atoms with Crippen LogP contribution in [0.25, 0.3) is 0 Å². The third-order valence-electron chi connectivity index (χ3n) is 4.77. The Morgan fingerprint density at radius 2 is 1.85 bits per heavy atom. The fraction of sp³-hybridized carbons (Fsp3) is 0.238. The van der Waals surface area contributed by atoms with Gasteiger partial charge in [0, 0.05) is 35.6 Å². The molecule has 26 heavy (non-hydrogen) atoms. The van der Waals surface area contributed by atoms with Crippen molar-refractivity contribution in [1.82, 2.24) is 5.43 Å². The summed E-state index contributed by atoms with van der Waals surface area (Å²) in [7, 11) is 3.63. The maximum atomic E-state index is 12.1. The highest BCUT2D eigenvalue weighted by Gasteiger charge is 2.37. The van der Waals surface area contributed by atoms with Crippen LogP contribution in [0.1, 0.15) is 29.8 Å². The number of fused-ring (bicyclic) bond motifs is 1. The lowest BCUT2D eigenvalue weighted by molar-refractivity contribution is 0.0955.